The number of hydrogen-bond acceptors (Lipinski definition) is 1. The molecule has 0 spiro atoms. The molecule has 0 N–H and O–H groups in total. The van der Waals surface area contributed by atoms with Gasteiger partial charge in [-0.1, -0.05) is 34.6 Å². The van der Waals surface area contributed by atoms with Gasteiger partial charge in [-0.15, -0.1) is 0 Å². The van der Waals surface area contributed by atoms with E-state index in [1.54, 1.807) is 0 Å². The molecule has 1 heterocycles. The number of benzene rings is 2. The fraction of sp³-hybridized carbons (Fsp3) is 0.118. The van der Waals surface area contributed by atoms with E-state index in [-0.39, 0.29) is 0 Å². The maximum absolute atomic E-state index is 5.78. The molecule has 0 saturated heterocycles. The molecule has 0 aliphatic carbocycles. The second kappa shape index (κ2) is 6.14. The van der Waals surface area contributed by atoms with Crippen LogP contribution in [0.4, 0.5) is 0 Å². The number of nitrogens with zero attached hydrogens (tertiary/aromatic N) is 2. The molecule has 4 heteroatoms. The van der Waals surface area contributed by atoms with Gasteiger partial charge in [0, 0.05) is 4.47 Å². The number of hydrogen-bond donors (Lipinski definition) is 0. The van der Waals surface area contributed by atoms with Crippen LogP contribution >= 0.6 is 15.9 Å². The minimum Gasteiger partial charge on any atom is -0.489 e. The fourth-order valence-corrected chi connectivity index (χ4v) is 2.58. The lowest BCUT2D eigenvalue weighted by molar-refractivity contribution is -0.672. The van der Waals surface area contributed by atoms with E-state index in [4.69, 9.17) is 4.74 Å². The summed E-state index contributed by atoms with van der Waals surface area (Å²) in [5.41, 5.74) is 2.33. The standard InChI is InChI=1S/C17H16BrN2O/c1-2-19-13-20(17-6-4-3-5-16(17)19)11-12-21-15-9-7-14(18)8-10-15/h2-10,13H,1,11-12H2/q+1. The minimum absolute atomic E-state index is 0.622. The van der Waals surface area contributed by atoms with Crippen molar-refractivity contribution in [2.45, 2.75) is 6.54 Å². The molecule has 3 aromatic rings. The van der Waals surface area contributed by atoms with Crippen molar-refractivity contribution in [3.8, 4) is 5.75 Å². The monoisotopic (exact) mass is 343 g/mol. The van der Waals surface area contributed by atoms with Gasteiger partial charge in [0.2, 0.25) is 6.33 Å². The van der Waals surface area contributed by atoms with Gasteiger partial charge in [0.15, 0.2) is 11.0 Å². The molecule has 0 aliphatic rings. The molecule has 0 unspecified atom stereocenters. The van der Waals surface area contributed by atoms with Gasteiger partial charge in [-0.25, -0.2) is 9.13 Å². The Labute approximate surface area is 132 Å². The van der Waals surface area contributed by atoms with Crippen LogP contribution in [0.3, 0.4) is 0 Å². The highest BCUT2D eigenvalue weighted by Gasteiger charge is 2.12. The van der Waals surface area contributed by atoms with Crippen molar-refractivity contribution in [2.75, 3.05) is 6.61 Å². The number of imidazole rings is 1. The summed E-state index contributed by atoms with van der Waals surface area (Å²) in [7, 11) is 0. The molecule has 0 saturated carbocycles. The van der Waals surface area contributed by atoms with E-state index in [2.05, 4.69) is 39.2 Å². The number of para-hydroxylation sites is 2. The van der Waals surface area contributed by atoms with Crippen molar-refractivity contribution in [1.82, 2.24) is 4.57 Å². The van der Waals surface area contributed by atoms with Crippen LogP contribution in [0.5, 0.6) is 5.75 Å². The van der Waals surface area contributed by atoms with Crippen molar-refractivity contribution < 1.29 is 9.30 Å². The van der Waals surface area contributed by atoms with Gasteiger partial charge in [0.25, 0.3) is 0 Å². The average molecular weight is 344 g/mol. The Kier molecular flexibility index (Phi) is 4.06. The molecule has 0 amide bonds. The summed E-state index contributed by atoms with van der Waals surface area (Å²) < 4.78 is 11.0. The molecular formula is C17H16BrN2O+. The lowest BCUT2D eigenvalue weighted by Crippen LogP contribution is -2.35. The van der Waals surface area contributed by atoms with Crippen LogP contribution in [0.25, 0.3) is 17.2 Å². The van der Waals surface area contributed by atoms with E-state index in [9.17, 15) is 0 Å². The highest BCUT2D eigenvalue weighted by Crippen LogP contribution is 2.16. The molecule has 0 radical (unpaired) electrons. The second-order valence-electron chi connectivity index (χ2n) is 4.69. The lowest BCUT2D eigenvalue weighted by atomic mass is 10.3. The van der Waals surface area contributed by atoms with E-state index in [0.717, 1.165) is 22.3 Å². The summed E-state index contributed by atoms with van der Waals surface area (Å²) in [4.78, 5) is 0. The number of ether oxygens (including phenoxy) is 1. The normalized spacial score (nSPS) is 10.7. The first-order chi connectivity index (χ1) is 10.3. The van der Waals surface area contributed by atoms with Crippen LogP contribution in [-0.2, 0) is 6.54 Å². The molecule has 0 atom stereocenters. The summed E-state index contributed by atoms with van der Waals surface area (Å²) in [6, 6.07) is 16.1. The van der Waals surface area contributed by atoms with Crippen molar-refractivity contribution in [3.05, 3.63) is 65.9 Å². The smallest absolute Gasteiger partial charge is 0.249 e. The van der Waals surface area contributed by atoms with Gasteiger partial charge in [0.1, 0.15) is 18.9 Å². The molecule has 0 fully saturated rings. The lowest BCUT2D eigenvalue weighted by Gasteiger charge is -2.04. The zero-order valence-corrected chi connectivity index (χ0v) is 13.2. The third kappa shape index (κ3) is 3.00. The Morgan fingerprint density at radius 1 is 1.14 bits per heavy atom. The molecule has 0 bridgehead atoms. The highest BCUT2D eigenvalue weighted by atomic mass is 79.9. The van der Waals surface area contributed by atoms with Crippen molar-refractivity contribution in [3.63, 3.8) is 0 Å². The average Bonchev–Trinajstić information content (AvgIpc) is 2.88. The first kappa shape index (κ1) is 13.9. The summed E-state index contributed by atoms with van der Waals surface area (Å²) in [5, 5.41) is 0. The SMILES string of the molecule is C=Cn1c[n+](CCOc2ccc(Br)cc2)c2ccccc21. The van der Waals surface area contributed by atoms with Crippen molar-refractivity contribution >= 4 is 33.2 Å². The highest BCUT2D eigenvalue weighted by molar-refractivity contribution is 9.10. The predicted molar refractivity (Wildman–Crippen MR) is 88.2 cm³/mol. The molecule has 3 rings (SSSR count). The molecule has 3 nitrogen and oxygen atoms in total. The summed E-state index contributed by atoms with van der Waals surface area (Å²) in [6.45, 7) is 5.26. The fourth-order valence-electron chi connectivity index (χ4n) is 2.32. The van der Waals surface area contributed by atoms with Gasteiger partial charge in [-0.2, -0.15) is 0 Å². The summed E-state index contributed by atoms with van der Waals surface area (Å²) in [5.74, 6) is 0.881. The third-order valence-electron chi connectivity index (χ3n) is 3.34. The Morgan fingerprint density at radius 3 is 2.67 bits per heavy atom. The molecule has 21 heavy (non-hydrogen) atoms. The van der Waals surface area contributed by atoms with E-state index < -0.39 is 0 Å². The zero-order valence-electron chi connectivity index (χ0n) is 11.6. The minimum atomic E-state index is 0.622. The largest absolute Gasteiger partial charge is 0.489 e. The van der Waals surface area contributed by atoms with E-state index in [1.165, 1.54) is 5.52 Å². The zero-order chi connectivity index (χ0) is 14.7. The Morgan fingerprint density at radius 2 is 1.90 bits per heavy atom. The number of halogens is 1. The molecule has 2 aromatic carbocycles. The van der Waals surface area contributed by atoms with Gasteiger partial charge in [0.05, 0.1) is 6.20 Å². The summed E-state index contributed by atoms with van der Waals surface area (Å²) in [6.07, 6.45) is 3.86. The van der Waals surface area contributed by atoms with Crippen molar-refractivity contribution in [2.24, 2.45) is 0 Å². The predicted octanol–water partition coefficient (Wildman–Crippen LogP) is 3.87. The first-order valence-corrected chi connectivity index (χ1v) is 7.57. The number of rotatable bonds is 5. The first-order valence-electron chi connectivity index (χ1n) is 6.78. The van der Waals surface area contributed by atoms with Crippen LogP contribution in [0, 0.1) is 0 Å². The van der Waals surface area contributed by atoms with Gasteiger partial charge >= 0.3 is 0 Å². The van der Waals surface area contributed by atoms with Gasteiger partial charge in [-0.05, 0) is 36.4 Å². The Hall–Kier alpha value is -2.07. The van der Waals surface area contributed by atoms with Crippen molar-refractivity contribution in [1.29, 1.82) is 0 Å². The molecule has 1 aromatic heterocycles. The quantitative estimate of drug-likeness (QED) is 0.643. The number of aromatic nitrogens is 2. The second-order valence-corrected chi connectivity index (χ2v) is 5.61. The Bertz CT molecular complexity index is 762. The topological polar surface area (TPSA) is 18.0 Å². The van der Waals surface area contributed by atoms with Crippen LogP contribution in [0.1, 0.15) is 0 Å². The van der Waals surface area contributed by atoms with Gasteiger partial charge < -0.3 is 4.74 Å². The van der Waals surface area contributed by atoms with Crippen LogP contribution < -0.4 is 9.30 Å². The van der Waals surface area contributed by atoms with E-state index >= 15 is 0 Å². The summed E-state index contributed by atoms with van der Waals surface area (Å²) >= 11 is 3.42. The van der Waals surface area contributed by atoms with Crippen LogP contribution in [0.2, 0.25) is 0 Å². The van der Waals surface area contributed by atoms with Gasteiger partial charge in [-0.3, -0.25) is 0 Å². The Balaban J connectivity index is 1.73. The van der Waals surface area contributed by atoms with E-state index in [1.807, 2.05) is 53.5 Å². The number of fused-ring (bicyclic) bond motifs is 1. The van der Waals surface area contributed by atoms with E-state index in [0.29, 0.717) is 6.61 Å². The molecule has 0 aliphatic heterocycles. The molecular weight excluding hydrogens is 328 g/mol. The van der Waals surface area contributed by atoms with Crippen LogP contribution in [-0.4, -0.2) is 11.2 Å². The molecule has 106 valence electrons. The maximum atomic E-state index is 5.78. The van der Waals surface area contributed by atoms with Crippen LogP contribution in [0.15, 0.2) is 65.9 Å². The third-order valence-corrected chi connectivity index (χ3v) is 3.87. The maximum Gasteiger partial charge on any atom is 0.249 e.